The number of aliphatic hydroxyl groups is 1. The van der Waals surface area contributed by atoms with Crippen molar-refractivity contribution in [1.29, 1.82) is 0 Å². The van der Waals surface area contributed by atoms with Gasteiger partial charge in [-0.25, -0.2) is 4.79 Å². The Morgan fingerprint density at radius 1 is 1.55 bits per heavy atom. The van der Waals surface area contributed by atoms with Crippen LogP contribution in [0.1, 0.15) is 23.2 Å². The number of aliphatic hydroxyl groups excluding tert-OH is 1. The van der Waals surface area contributed by atoms with Crippen molar-refractivity contribution in [2.24, 2.45) is 0 Å². The first kappa shape index (κ1) is 16.9. The Morgan fingerprint density at radius 2 is 2.32 bits per heavy atom. The summed E-state index contributed by atoms with van der Waals surface area (Å²) < 4.78 is 10.4. The zero-order valence-electron chi connectivity index (χ0n) is 12.5. The Balaban J connectivity index is 1.91. The SMILES string of the molecule is COc1cc(N)c(Cl)cc1C(=O)OCCN1CCC[C@@H](O)C1. The number of carbonyl (C=O) groups is 1. The Kier molecular flexibility index (Phi) is 5.88. The lowest BCUT2D eigenvalue weighted by atomic mass is 10.1. The predicted octanol–water partition coefficient (Wildman–Crippen LogP) is 1.54. The Bertz CT molecular complexity index is 539. The number of halogens is 1. The first-order valence-corrected chi connectivity index (χ1v) is 7.59. The van der Waals surface area contributed by atoms with Crippen molar-refractivity contribution in [3.05, 3.63) is 22.7 Å². The molecule has 6 nitrogen and oxygen atoms in total. The zero-order chi connectivity index (χ0) is 16.1. The number of ether oxygens (including phenoxy) is 2. The molecule has 1 atom stereocenters. The van der Waals surface area contributed by atoms with Crippen LogP contribution in [0.4, 0.5) is 5.69 Å². The predicted molar refractivity (Wildman–Crippen MR) is 84.4 cm³/mol. The van der Waals surface area contributed by atoms with Gasteiger partial charge in [0.15, 0.2) is 0 Å². The quantitative estimate of drug-likeness (QED) is 0.630. The van der Waals surface area contributed by atoms with E-state index in [0.29, 0.717) is 24.5 Å². The maximum atomic E-state index is 12.1. The smallest absolute Gasteiger partial charge is 0.342 e. The van der Waals surface area contributed by atoms with E-state index in [1.54, 1.807) is 0 Å². The molecule has 1 aromatic rings. The van der Waals surface area contributed by atoms with Gasteiger partial charge in [-0.15, -0.1) is 0 Å². The third-order valence-electron chi connectivity index (χ3n) is 3.66. The summed E-state index contributed by atoms with van der Waals surface area (Å²) in [4.78, 5) is 14.2. The number of nitrogen functional groups attached to an aromatic ring is 1. The average Bonchev–Trinajstić information content (AvgIpc) is 2.49. The van der Waals surface area contributed by atoms with E-state index in [-0.39, 0.29) is 23.3 Å². The maximum absolute atomic E-state index is 12.1. The van der Waals surface area contributed by atoms with Crippen molar-refractivity contribution in [1.82, 2.24) is 4.90 Å². The highest BCUT2D eigenvalue weighted by molar-refractivity contribution is 6.33. The van der Waals surface area contributed by atoms with Gasteiger partial charge in [0, 0.05) is 19.2 Å². The zero-order valence-corrected chi connectivity index (χ0v) is 13.3. The number of piperidine rings is 1. The number of benzene rings is 1. The van der Waals surface area contributed by atoms with Crippen LogP contribution < -0.4 is 10.5 Å². The number of likely N-dealkylation sites (tertiary alicyclic amines) is 1. The fraction of sp³-hybridized carbons (Fsp3) is 0.533. The second kappa shape index (κ2) is 7.67. The average molecular weight is 329 g/mol. The van der Waals surface area contributed by atoms with Gasteiger partial charge in [-0.1, -0.05) is 11.6 Å². The number of hydrogen-bond acceptors (Lipinski definition) is 6. The second-order valence-electron chi connectivity index (χ2n) is 5.31. The van der Waals surface area contributed by atoms with E-state index in [9.17, 15) is 9.90 Å². The number of β-amino-alcohol motifs (C(OH)–C–C–N with tert-alkyl or cyclic N) is 1. The Morgan fingerprint density at radius 3 is 3.00 bits per heavy atom. The third kappa shape index (κ3) is 4.25. The molecule has 1 heterocycles. The van der Waals surface area contributed by atoms with Gasteiger partial charge in [-0.2, -0.15) is 0 Å². The molecule has 0 amide bonds. The number of esters is 1. The Hall–Kier alpha value is -1.50. The lowest BCUT2D eigenvalue weighted by molar-refractivity contribution is 0.0343. The minimum atomic E-state index is -0.503. The summed E-state index contributed by atoms with van der Waals surface area (Å²) in [6.45, 7) is 2.37. The molecule has 22 heavy (non-hydrogen) atoms. The van der Waals surface area contributed by atoms with Crippen LogP contribution in [0.3, 0.4) is 0 Å². The molecule has 0 saturated carbocycles. The van der Waals surface area contributed by atoms with E-state index in [2.05, 4.69) is 4.90 Å². The number of carbonyl (C=O) groups excluding carboxylic acids is 1. The summed E-state index contributed by atoms with van der Waals surface area (Å²) in [6, 6.07) is 2.95. The molecule has 0 bridgehead atoms. The van der Waals surface area contributed by atoms with Crippen LogP contribution in [-0.4, -0.2) is 55.4 Å². The molecular weight excluding hydrogens is 308 g/mol. The van der Waals surface area contributed by atoms with E-state index in [1.165, 1.54) is 19.2 Å². The van der Waals surface area contributed by atoms with E-state index < -0.39 is 5.97 Å². The normalized spacial score (nSPS) is 19.0. The van der Waals surface area contributed by atoms with E-state index >= 15 is 0 Å². The highest BCUT2D eigenvalue weighted by atomic mass is 35.5. The van der Waals surface area contributed by atoms with Crippen molar-refractivity contribution in [2.75, 3.05) is 39.1 Å². The molecule has 7 heteroatoms. The molecule has 0 aromatic heterocycles. The molecular formula is C15H21ClN2O4. The van der Waals surface area contributed by atoms with Gasteiger partial charge < -0.3 is 20.3 Å². The van der Waals surface area contributed by atoms with Crippen LogP contribution in [0, 0.1) is 0 Å². The van der Waals surface area contributed by atoms with Gasteiger partial charge in [-0.3, -0.25) is 4.90 Å². The summed E-state index contributed by atoms with van der Waals surface area (Å²) in [5, 5.41) is 9.88. The third-order valence-corrected chi connectivity index (χ3v) is 3.99. The summed E-state index contributed by atoms with van der Waals surface area (Å²) in [5.74, 6) is -0.170. The summed E-state index contributed by atoms with van der Waals surface area (Å²) in [6.07, 6.45) is 1.49. The molecule has 1 aromatic carbocycles. The number of nitrogens with zero attached hydrogens (tertiary/aromatic N) is 1. The van der Waals surface area contributed by atoms with Crippen LogP contribution in [-0.2, 0) is 4.74 Å². The van der Waals surface area contributed by atoms with Crippen LogP contribution in [0.15, 0.2) is 12.1 Å². The molecule has 122 valence electrons. The molecule has 1 fully saturated rings. The van der Waals surface area contributed by atoms with E-state index in [0.717, 1.165) is 19.4 Å². The van der Waals surface area contributed by atoms with Crippen LogP contribution in [0.5, 0.6) is 5.75 Å². The molecule has 3 N–H and O–H groups in total. The van der Waals surface area contributed by atoms with Crippen molar-refractivity contribution in [3.63, 3.8) is 0 Å². The standard InChI is InChI=1S/C15H21ClN2O4/c1-21-14-8-13(17)12(16)7-11(14)15(20)22-6-5-18-4-2-3-10(19)9-18/h7-8,10,19H,2-6,9,17H2,1H3/t10-/m1/s1. The number of anilines is 1. The van der Waals surface area contributed by atoms with Crippen molar-refractivity contribution in [2.45, 2.75) is 18.9 Å². The molecule has 0 radical (unpaired) electrons. The van der Waals surface area contributed by atoms with Gasteiger partial charge >= 0.3 is 5.97 Å². The summed E-state index contributed by atoms with van der Waals surface area (Å²) >= 11 is 5.93. The molecule has 1 aliphatic heterocycles. The highest BCUT2D eigenvalue weighted by Crippen LogP contribution is 2.29. The van der Waals surface area contributed by atoms with Gasteiger partial charge in [0.2, 0.25) is 0 Å². The van der Waals surface area contributed by atoms with E-state index in [4.69, 9.17) is 26.8 Å². The van der Waals surface area contributed by atoms with Gasteiger partial charge in [0.05, 0.1) is 23.9 Å². The molecule has 0 unspecified atom stereocenters. The van der Waals surface area contributed by atoms with Crippen molar-refractivity contribution >= 4 is 23.3 Å². The maximum Gasteiger partial charge on any atom is 0.342 e. The number of hydrogen-bond donors (Lipinski definition) is 2. The summed E-state index contributed by atoms with van der Waals surface area (Å²) in [5.41, 5.74) is 6.28. The molecule has 2 rings (SSSR count). The monoisotopic (exact) mass is 328 g/mol. The molecule has 0 spiro atoms. The van der Waals surface area contributed by atoms with Crippen molar-refractivity contribution < 1.29 is 19.4 Å². The highest BCUT2D eigenvalue weighted by Gasteiger charge is 2.19. The van der Waals surface area contributed by atoms with E-state index in [1.807, 2.05) is 0 Å². The molecule has 1 aliphatic rings. The fourth-order valence-electron chi connectivity index (χ4n) is 2.48. The summed E-state index contributed by atoms with van der Waals surface area (Å²) in [7, 11) is 1.45. The largest absolute Gasteiger partial charge is 0.496 e. The molecule has 0 aliphatic carbocycles. The van der Waals surface area contributed by atoms with Crippen LogP contribution in [0.25, 0.3) is 0 Å². The first-order chi connectivity index (χ1) is 10.5. The number of methoxy groups -OCH3 is 1. The number of rotatable bonds is 5. The van der Waals surface area contributed by atoms with Crippen LogP contribution >= 0.6 is 11.6 Å². The van der Waals surface area contributed by atoms with Gasteiger partial charge in [0.1, 0.15) is 17.9 Å². The minimum absolute atomic E-state index is 0.247. The van der Waals surface area contributed by atoms with Crippen molar-refractivity contribution in [3.8, 4) is 5.75 Å². The second-order valence-corrected chi connectivity index (χ2v) is 5.71. The minimum Gasteiger partial charge on any atom is -0.496 e. The lowest BCUT2D eigenvalue weighted by Crippen LogP contribution is -2.40. The van der Waals surface area contributed by atoms with Crippen LogP contribution in [0.2, 0.25) is 5.02 Å². The first-order valence-electron chi connectivity index (χ1n) is 7.22. The van der Waals surface area contributed by atoms with Gasteiger partial charge in [0.25, 0.3) is 0 Å². The Labute approximate surface area is 134 Å². The van der Waals surface area contributed by atoms with Gasteiger partial charge in [-0.05, 0) is 25.5 Å². The topological polar surface area (TPSA) is 85.0 Å². The number of nitrogens with two attached hydrogens (primary N) is 1. The fourth-order valence-corrected chi connectivity index (χ4v) is 2.64. The lowest BCUT2D eigenvalue weighted by Gasteiger charge is -2.29. The molecule has 1 saturated heterocycles.